The molecule has 0 aliphatic rings. The van der Waals surface area contributed by atoms with Gasteiger partial charge in [0.1, 0.15) is 5.82 Å². The van der Waals surface area contributed by atoms with Gasteiger partial charge >= 0.3 is 0 Å². The lowest BCUT2D eigenvalue weighted by molar-refractivity contribution is -0.119. The molecule has 0 bridgehead atoms. The third-order valence-electron chi connectivity index (χ3n) is 3.65. The van der Waals surface area contributed by atoms with Crippen molar-refractivity contribution in [2.24, 2.45) is 5.73 Å². The van der Waals surface area contributed by atoms with Crippen LogP contribution >= 0.6 is 0 Å². The SMILES string of the molecule is CC(NCc1ccc(CCc2cccc(F)c2)cc1)C(N)=O. The second-order valence-electron chi connectivity index (χ2n) is 5.45. The van der Waals surface area contributed by atoms with Crippen LogP contribution in [0.15, 0.2) is 48.5 Å². The van der Waals surface area contributed by atoms with Crippen LogP contribution in [0.3, 0.4) is 0 Å². The smallest absolute Gasteiger partial charge is 0.234 e. The van der Waals surface area contributed by atoms with Gasteiger partial charge in [0.15, 0.2) is 0 Å². The van der Waals surface area contributed by atoms with Crippen LogP contribution in [-0.4, -0.2) is 11.9 Å². The normalized spacial score (nSPS) is 12.1. The van der Waals surface area contributed by atoms with E-state index in [1.807, 2.05) is 18.2 Å². The number of primary amides is 1. The van der Waals surface area contributed by atoms with E-state index >= 15 is 0 Å². The van der Waals surface area contributed by atoms with Crippen molar-refractivity contribution in [3.63, 3.8) is 0 Å². The molecule has 4 heteroatoms. The van der Waals surface area contributed by atoms with E-state index in [-0.39, 0.29) is 17.8 Å². The van der Waals surface area contributed by atoms with Gasteiger partial charge in [-0.15, -0.1) is 0 Å². The lowest BCUT2D eigenvalue weighted by Gasteiger charge is -2.10. The van der Waals surface area contributed by atoms with Crippen molar-refractivity contribution in [3.05, 3.63) is 71.0 Å². The van der Waals surface area contributed by atoms with E-state index in [2.05, 4.69) is 17.4 Å². The lowest BCUT2D eigenvalue weighted by atomic mass is 10.0. The highest BCUT2D eigenvalue weighted by Gasteiger charge is 2.06. The van der Waals surface area contributed by atoms with Gasteiger partial charge in [-0.25, -0.2) is 4.39 Å². The molecule has 3 N–H and O–H groups in total. The summed E-state index contributed by atoms with van der Waals surface area (Å²) in [4.78, 5) is 11.0. The van der Waals surface area contributed by atoms with Crippen LogP contribution in [0.2, 0.25) is 0 Å². The van der Waals surface area contributed by atoms with E-state index in [9.17, 15) is 9.18 Å². The molecule has 0 heterocycles. The Morgan fingerprint density at radius 2 is 1.73 bits per heavy atom. The average Bonchev–Trinajstić information content (AvgIpc) is 2.51. The van der Waals surface area contributed by atoms with Gasteiger partial charge in [0.2, 0.25) is 5.91 Å². The summed E-state index contributed by atoms with van der Waals surface area (Å²) in [6, 6.07) is 14.5. The zero-order chi connectivity index (χ0) is 15.9. The highest BCUT2D eigenvalue weighted by molar-refractivity contribution is 5.79. The number of benzene rings is 2. The molecule has 22 heavy (non-hydrogen) atoms. The maximum Gasteiger partial charge on any atom is 0.234 e. The number of amides is 1. The standard InChI is InChI=1S/C18H21FN2O/c1-13(18(20)22)21-12-16-9-6-14(7-10-16)5-8-15-3-2-4-17(19)11-15/h2-4,6-7,9-11,13,21H,5,8,12H2,1H3,(H2,20,22). The van der Waals surface area contributed by atoms with E-state index < -0.39 is 0 Å². The van der Waals surface area contributed by atoms with Crippen molar-refractivity contribution in [3.8, 4) is 0 Å². The zero-order valence-electron chi connectivity index (χ0n) is 12.7. The molecular weight excluding hydrogens is 279 g/mol. The maximum atomic E-state index is 13.1. The van der Waals surface area contributed by atoms with Crippen LogP contribution in [0.1, 0.15) is 23.6 Å². The van der Waals surface area contributed by atoms with Crippen molar-refractivity contribution in [1.29, 1.82) is 0 Å². The van der Waals surface area contributed by atoms with Crippen LogP contribution in [0, 0.1) is 5.82 Å². The fourth-order valence-electron chi connectivity index (χ4n) is 2.18. The number of hydrogen-bond acceptors (Lipinski definition) is 2. The minimum atomic E-state index is -0.355. The molecule has 1 amide bonds. The molecule has 0 saturated heterocycles. The molecule has 2 rings (SSSR count). The summed E-state index contributed by atoms with van der Waals surface area (Å²) in [7, 11) is 0. The number of aryl methyl sites for hydroxylation is 2. The Morgan fingerprint density at radius 3 is 2.36 bits per heavy atom. The number of nitrogens with one attached hydrogen (secondary N) is 1. The van der Waals surface area contributed by atoms with Crippen molar-refractivity contribution < 1.29 is 9.18 Å². The predicted molar refractivity (Wildman–Crippen MR) is 85.7 cm³/mol. The van der Waals surface area contributed by atoms with Crippen LogP contribution in [0.5, 0.6) is 0 Å². The van der Waals surface area contributed by atoms with Gasteiger partial charge in [-0.3, -0.25) is 4.79 Å². The first-order valence-corrected chi connectivity index (χ1v) is 7.39. The van der Waals surface area contributed by atoms with Gasteiger partial charge in [0.05, 0.1) is 6.04 Å². The van der Waals surface area contributed by atoms with E-state index in [0.29, 0.717) is 6.54 Å². The highest BCUT2D eigenvalue weighted by atomic mass is 19.1. The molecular formula is C18H21FN2O. The summed E-state index contributed by atoms with van der Waals surface area (Å²) in [5.41, 5.74) is 8.51. The first-order chi connectivity index (χ1) is 10.5. The minimum absolute atomic E-state index is 0.192. The molecule has 0 aliphatic heterocycles. The Balaban J connectivity index is 1.85. The molecule has 0 aromatic heterocycles. The van der Waals surface area contributed by atoms with Gasteiger partial charge in [-0.2, -0.15) is 0 Å². The fourth-order valence-corrected chi connectivity index (χ4v) is 2.18. The fraction of sp³-hybridized carbons (Fsp3) is 0.278. The number of halogens is 1. The second kappa shape index (κ2) is 7.71. The molecule has 0 radical (unpaired) electrons. The summed E-state index contributed by atoms with van der Waals surface area (Å²) in [6.45, 7) is 2.35. The zero-order valence-corrected chi connectivity index (χ0v) is 12.7. The quantitative estimate of drug-likeness (QED) is 0.826. The summed E-state index contributed by atoms with van der Waals surface area (Å²) in [5, 5.41) is 3.07. The molecule has 0 spiro atoms. The van der Waals surface area contributed by atoms with Crippen molar-refractivity contribution in [2.75, 3.05) is 0 Å². The third-order valence-corrected chi connectivity index (χ3v) is 3.65. The molecule has 1 unspecified atom stereocenters. The summed E-state index contributed by atoms with van der Waals surface area (Å²) >= 11 is 0. The van der Waals surface area contributed by atoms with E-state index in [1.165, 1.54) is 11.6 Å². The first-order valence-electron chi connectivity index (χ1n) is 7.39. The number of carbonyl (C=O) groups is 1. The van der Waals surface area contributed by atoms with Crippen molar-refractivity contribution >= 4 is 5.91 Å². The molecule has 0 aliphatic carbocycles. The number of rotatable bonds is 7. The van der Waals surface area contributed by atoms with Crippen LogP contribution in [-0.2, 0) is 24.2 Å². The molecule has 2 aromatic rings. The topological polar surface area (TPSA) is 55.1 Å². The van der Waals surface area contributed by atoms with Gasteiger partial charge in [0.25, 0.3) is 0 Å². The van der Waals surface area contributed by atoms with E-state index in [4.69, 9.17) is 5.73 Å². The van der Waals surface area contributed by atoms with E-state index in [1.54, 1.807) is 19.1 Å². The average molecular weight is 300 g/mol. The largest absolute Gasteiger partial charge is 0.368 e. The number of carbonyl (C=O) groups excluding carboxylic acids is 1. The Morgan fingerprint density at radius 1 is 1.09 bits per heavy atom. The van der Waals surface area contributed by atoms with Crippen LogP contribution in [0.25, 0.3) is 0 Å². The predicted octanol–water partition coefficient (Wildman–Crippen LogP) is 2.57. The Bertz CT molecular complexity index is 625. The maximum absolute atomic E-state index is 13.1. The second-order valence-corrected chi connectivity index (χ2v) is 5.45. The Labute approximate surface area is 130 Å². The molecule has 3 nitrogen and oxygen atoms in total. The lowest BCUT2D eigenvalue weighted by Crippen LogP contribution is -2.38. The molecule has 2 aromatic carbocycles. The summed E-state index contributed by atoms with van der Waals surface area (Å²) in [6.07, 6.45) is 1.68. The molecule has 0 saturated carbocycles. The molecule has 1 atom stereocenters. The third kappa shape index (κ3) is 4.97. The Kier molecular flexibility index (Phi) is 5.67. The van der Waals surface area contributed by atoms with Gasteiger partial charge in [-0.1, -0.05) is 36.4 Å². The van der Waals surface area contributed by atoms with Crippen LogP contribution in [0.4, 0.5) is 4.39 Å². The van der Waals surface area contributed by atoms with Gasteiger partial charge < -0.3 is 11.1 Å². The monoisotopic (exact) mass is 300 g/mol. The molecule has 116 valence electrons. The van der Waals surface area contributed by atoms with Crippen LogP contribution < -0.4 is 11.1 Å². The van der Waals surface area contributed by atoms with E-state index in [0.717, 1.165) is 24.0 Å². The number of hydrogen-bond donors (Lipinski definition) is 2. The summed E-state index contributed by atoms with van der Waals surface area (Å²) in [5.74, 6) is -0.547. The van der Waals surface area contributed by atoms with Gasteiger partial charge in [-0.05, 0) is 48.6 Å². The number of nitrogens with two attached hydrogens (primary N) is 1. The van der Waals surface area contributed by atoms with Crippen molar-refractivity contribution in [2.45, 2.75) is 32.4 Å². The Hall–Kier alpha value is -2.20. The summed E-state index contributed by atoms with van der Waals surface area (Å²) < 4.78 is 13.1. The van der Waals surface area contributed by atoms with Gasteiger partial charge in [0, 0.05) is 6.54 Å². The minimum Gasteiger partial charge on any atom is -0.368 e. The van der Waals surface area contributed by atoms with Crippen molar-refractivity contribution in [1.82, 2.24) is 5.32 Å². The molecule has 0 fully saturated rings. The highest BCUT2D eigenvalue weighted by Crippen LogP contribution is 2.10. The first kappa shape index (κ1) is 16.2.